The van der Waals surface area contributed by atoms with Crippen LogP contribution in [0.3, 0.4) is 0 Å². The molecule has 1 aliphatic rings. The van der Waals surface area contributed by atoms with Crippen LogP contribution in [-0.4, -0.2) is 41.2 Å². The number of hydrogen-bond donors (Lipinski definition) is 1. The minimum absolute atomic E-state index is 0.0286. The first kappa shape index (κ1) is 13.9. The van der Waals surface area contributed by atoms with Crippen molar-refractivity contribution in [2.75, 3.05) is 19.7 Å². The molecule has 1 aromatic carbocycles. The molecule has 0 spiro atoms. The molecule has 19 heavy (non-hydrogen) atoms. The number of likely N-dealkylation sites (tertiary alicyclic amines) is 1. The van der Waals surface area contributed by atoms with Crippen molar-refractivity contribution in [1.29, 1.82) is 0 Å². The van der Waals surface area contributed by atoms with Gasteiger partial charge in [-0.3, -0.25) is 4.79 Å². The van der Waals surface area contributed by atoms with Gasteiger partial charge in [0.1, 0.15) is 5.75 Å². The van der Waals surface area contributed by atoms with Crippen molar-refractivity contribution >= 4 is 5.91 Å². The number of hydrogen-bond acceptors (Lipinski definition) is 3. The molecule has 1 saturated heterocycles. The largest absolute Gasteiger partial charge is 0.483 e. The lowest BCUT2D eigenvalue weighted by atomic mass is 9.97. The average Bonchev–Trinajstić information content (AvgIpc) is 2.23. The number of carbonyl (C=O) groups is 1. The van der Waals surface area contributed by atoms with E-state index in [0.29, 0.717) is 13.1 Å². The summed E-state index contributed by atoms with van der Waals surface area (Å²) in [6.07, 6.45) is 0. The highest BCUT2D eigenvalue weighted by atomic mass is 16.5. The summed E-state index contributed by atoms with van der Waals surface area (Å²) >= 11 is 0. The van der Waals surface area contributed by atoms with Crippen LogP contribution in [0.15, 0.2) is 12.1 Å². The second-order valence-electron chi connectivity index (χ2n) is 5.76. The van der Waals surface area contributed by atoms with Crippen LogP contribution < -0.4 is 4.74 Å². The van der Waals surface area contributed by atoms with E-state index in [0.717, 1.165) is 16.9 Å². The van der Waals surface area contributed by atoms with Crippen molar-refractivity contribution < 1.29 is 14.6 Å². The van der Waals surface area contributed by atoms with Gasteiger partial charge in [0.25, 0.3) is 5.91 Å². The van der Waals surface area contributed by atoms with Crippen LogP contribution >= 0.6 is 0 Å². The van der Waals surface area contributed by atoms with Crippen LogP contribution in [0.4, 0.5) is 0 Å². The van der Waals surface area contributed by atoms with Gasteiger partial charge in [-0.05, 0) is 38.8 Å². The van der Waals surface area contributed by atoms with Crippen molar-refractivity contribution in [3.05, 3.63) is 28.8 Å². The Balaban J connectivity index is 1.95. The maximum absolute atomic E-state index is 11.9. The monoisotopic (exact) mass is 263 g/mol. The third-order valence-corrected chi connectivity index (χ3v) is 3.36. The van der Waals surface area contributed by atoms with Gasteiger partial charge >= 0.3 is 0 Å². The minimum atomic E-state index is -0.731. The first-order chi connectivity index (χ1) is 8.78. The van der Waals surface area contributed by atoms with Crippen molar-refractivity contribution in [3.63, 3.8) is 0 Å². The van der Waals surface area contributed by atoms with Crippen LogP contribution in [0.5, 0.6) is 5.75 Å². The molecule has 0 saturated carbocycles. The molecule has 104 valence electrons. The smallest absolute Gasteiger partial charge is 0.260 e. The van der Waals surface area contributed by atoms with Crippen LogP contribution in [-0.2, 0) is 4.79 Å². The first-order valence-electron chi connectivity index (χ1n) is 6.49. The summed E-state index contributed by atoms with van der Waals surface area (Å²) in [5, 5.41) is 9.60. The Hall–Kier alpha value is -1.55. The molecule has 1 fully saturated rings. The van der Waals surface area contributed by atoms with Gasteiger partial charge in [0.05, 0.1) is 18.7 Å². The summed E-state index contributed by atoms with van der Waals surface area (Å²) in [7, 11) is 0. The summed E-state index contributed by atoms with van der Waals surface area (Å²) in [5.74, 6) is 0.706. The molecule has 4 heteroatoms. The fourth-order valence-corrected chi connectivity index (χ4v) is 2.57. The molecule has 0 atom stereocenters. The highest BCUT2D eigenvalue weighted by molar-refractivity contribution is 5.79. The zero-order valence-electron chi connectivity index (χ0n) is 12.0. The van der Waals surface area contributed by atoms with Gasteiger partial charge < -0.3 is 14.7 Å². The van der Waals surface area contributed by atoms with E-state index in [9.17, 15) is 9.90 Å². The number of amides is 1. The molecule has 1 aliphatic heterocycles. The summed E-state index contributed by atoms with van der Waals surface area (Å²) in [4.78, 5) is 13.5. The van der Waals surface area contributed by atoms with Gasteiger partial charge in [-0.2, -0.15) is 0 Å². The van der Waals surface area contributed by atoms with E-state index in [1.54, 1.807) is 11.8 Å². The van der Waals surface area contributed by atoms with E-state index in [4.69, 9.17) is 4.74 Å². The van der Waals surface area contributed by atoms with E-state index in [1.807, 2.05) is 32.9 Å². The molecule has 2 rings (SSSR count). The average molecular weight is 263 g/mol. The standard InChI is InChI=1S/C15H21NO3/c1-10-5-11(2)14(12(3)6-10)19-7-13(17)16-8-15(4,18)9-16/h5-6,18H,7-9H2,1-4H3. The fraction of sp³-hybridized carbons (Fsp3) is 0.533. The number of aliphatic hydroxyl groups is 1. The Morgan fingerprint density at radius 3 is 2.32 bits per heavy atom. The zero-order chi connectivity index (χ0) is 14.2. The second-order valence-corrected chi connectivity index (χ2v) is 5.76. The number of benzene rings is 1. The molecule has 0 bridgehead atoms. The van der Waals surface area contributed by atoms with Gasteiger partial charge in [-0.25, -0.2) is 0 Å². The second kappa shape index (κ2) is 4.85. The highest BCUT2D eigenvalue weighted by Crippen LogP contribution is 2.25. The summed E-state index contributed by atoms with van der Waals surface area (Å²) in [5.41, 5.74) is 2.54. The lowest BCUT2D eigenvalue weighted by molar-refractivity contribution is -0.154. The first-order valence-corrected chi connectivity index (χ1v) is 6.49. The number of nitrogens with zero attached hydrogens (tertiary/aromatic N) is 1. The number of β-amino-alcohol motifs (C(OH)–C–C–N with tert-alkyl or cyclic N) is 1. The SMILES string of the molecule is Cc1cc(C)c(OCC(=O)N2CC(C)(O)C2)c(C)c1. The summed E-state index contributed by atoms with van der Waals surface area (Å²) in [6.45, 7) is 8.54. The van der Waals surface area contributed by atoms with Crippen LogP contribution in [0.25, 0.3) is 0 Å². The third kappa shape index (κ3) is 3.07. The molecular formula is C15H21NO3. The Morgan fingerprint density at radius 2 is 1.84 bits per heavy atom. The Kier molecular flexibility index (Phi) is 3.54. The number of carbonyl (C=O) groups excluding carboxylic acids is 1. The van der Waals surface area contributed by atoms with Gasteiger partial charge in [0.15, 0.2) is 6.61 Å². The van der Waals surface area contributed by atoms with Gasteiger partial charge in [0.2, 0.25) is 0 Å². The molecule has 1 amide bonds. The van der Waals surface area contributed by atoms with Gasteiger partial charge in [-0.15, -0.1) is 0 Å². The van der Waals surface area contributed by atoms with E-state index in [-0.39, 0.29) is 12.5 Å². The third-order valence-electron chi connectivity index (χ3n) is 3.36. The molecule has 0 radical (unpaired) electrons. The minimum Gasteiger partial charge on any atom is -0.483 e. The van der Waals surface area contributed by atoms with Crippen molar-refractivity contribution in [2.24, 2.45) is 0 Å². The predicted octanol–water partition coefficient (Wildman–Crippen LogP) is 1.58. The van der Waals surface area contributed by atoms with Crippen molar-refractivity contribution in [1.82, 2.24) is 4.90 Å². The number of ether oxygens (including phenoxy) is 1. The molecule has 1 N–H and O–H groups in total. The van der Waals surface area contributed by atoms with Crippen LogP contribution in [0.2, 0.25) is 0 Å². The van der Waals surface area contributed by atoms with Crippen LogP contribution in [0, 0.1) is 20.8 Å². The van der Waals surface area contributed by atoms with Crippen molar-refractivity contribution in [2.45, 2.75) is 33.3 Å². The fourth-order valence-electron chi connectivity index (χ4n) is 2.57. The van der Waals surface area contributed by atoms with E-state index in [1.165, 1.54) is 5.56 Å². The maximum Gasteiger partial charge on any atom is 0.260 e. The molecule has 0 aliphatic carbocycles. The lowest BCUT2D eigenvalue weighted by Gasteiger charge is -2.44. The number of rotatable bonds is 3. The molecule has 1 heterocycles. The topological polar surface area (TPSA) is 49.8 Å². The zero-order valence-corrected chi connectivity index (χ0v) is 12.0. The summed E-state index contributed by atoms with van der Waals surface area (Å²) in [6, 6.07) is 4.09. The molecule has 4 nitrogen and oxygen atoms in total. The van der Waals surface area contributed by atoms with E-state index < -0.39 is 5.60 Å². The predicted molar refractivity (Wildman–Crippen MR) is 73.4 cm³/mol. The number of aryl methyl sites for hydroxylation is 3. The van der Waals surface area contributed by atoms with Gasteiger partial charge in [0, 0.05) is 0 Å². The highest BCUT2D eigenvalue weighted by Gasteiger charge is 2.39. The normalized spacial score (nSPS) is 17.0. The molecule has 1 aromatic rings. The Labute approximate surface area is 114 Å². The molecular weight excluding hydrogens is 242 g/mol. The summed E-state index contributed by atoms with van der Waals surface area (Å²) < 4.78 is 5.64. The molecule has 0 unspecified atom stereocenters. The maximum atomic E-state index is 11.9. The molecule has 0 aromatic heterocycles. The Morgan fingerprint density at radius 1 is 1.32 bits per heavy atom. The van der Waals surface area contributed by atoms with Gasteiger partial charge in [-0.1, -0.05) is 17.7 Å². The van der Waals surface area contributed by atoms with E-state index >= 15 is 0 Å². The van der Waals surface area contributed by atoms with E-state index in [2.05, 4.69) is 0 Å². The van der Waals surface area contributed by atoms with Crippen LogP contribution in [0.1, 0.15) is 23.6 Å². The lowest BCUT2D eigenvalue weighted by Crippen LogP contribution is -2.62. The van der Waals surface area contributed by atoms with Crippen molar-refractivity contribution in [3.8, 4) is 5.75 Å². The Bertz CT molecular complexity index is 477. The quantitative estimate of drug-likeness (QED) is 0.901.